The second-order valence-corrected chi connectivity index (χ2v) is 2.14. The molecule has 1 aromatic heterocycles. The van der Waals surface area contributed by atoms with E-state index in [4.69, 9.17) is 10.2 Å². The number of carboxylic acids is 1. The first kappa shape index (κ1) is 8.26. The zero-order valence-electron chi connectivity index (χ0n) is 6.19. The van der Waals surface area contributed by atoms with Gasteiger partial charge in [-0.15, -0.1) is 0 Å². The topological polar surface area (TPSA) is 70.4 Å². The molecule has 0 amide bonds. The maximum Gasteiger partial charge on any atom is 0.337 e. The predicted molar refractivity (Wildman–Crippen MR) is 43.0 cm³/mol. The fourth-order valence-electron chi connectivity index (χ4n) is 0.738. The largest absolute Gasteiger partial charge is 0.506 e. The molecule has 0 unspecified atom stereocenters. The minimum atomic E-state index is -1.12. The van der Waals surface area contributed by atoms with Gasteiger partial charge in [-0.25, -0.2) is 4.79 Å². The Morgan fingerprint density at radius 3 is 2.75 bits per heavy atom. The maximum absolute atomic E-state index is 10.4. The van der Waals surface area contributed by atoms with Crippen LogP contribution in [0.1, 0.15) is 16.1 Å². The van der Waals surface area contributed by atoms with E-state index in [0.717, 1.165) is 6.07 Å². The van der Waals surface area contributed by atoms with Crippen LogP contribution >= 0.6 is 0 Å². The summed E-state index contributed by atoms with van der Waals surface area (Å²) in [6, 6.07) is 1.13. The highest BCUT2D eigenvalue weighted by Crippen LogP contribution is 2.16. The van der Waals surface area contributed by atoms with Crippen LogP contribution in [0, 0.1) is 0 Å². The Morgan fingerprint density at radius 1 is 1.67 bits per heavy atom. The van der Waals surface area contributed by atoms with Gasteiger partial charge in [0.1, 0.15) is 11.4 Å². The molecule has 0 fully saturated rings. The average molecular weight is 165 g/mol. The van der Waals surface area contributed by atoms with Gasteiger partial charge in [0.15, 0.2) is 0 Å². The molecule has 0 spiro atoms. The molecule has 0 aliphatic rings. The lowest BCUT2D eigenvalue weighted by Gasteiger charge is -1.98. The molecule has 1 heterocycles. The van der Waals surface area contributed by atoms with E-state index in [-0.39, 0.29) is 17.0 Å². The number of aromatic nitrogens is 1. The Bertz CT molecular complexity index is 333. The number of hydrogen-bond acceptors (Lipinski definition) is 3. The van der Waals surface area contributed by atoms with Crippen LogP contribution < -0.4 is 0 Å². The van der Waals surface area contributed by atoms with E-state index in [0.29, 0.717) is 0 Å². The zero-order chi connectivity index (χ0) is 9.14. The highest BCUT2D eigenvalue weighted by atomic mass is 16.4. The summed E-state index contributed by atoms with van der Waals surface area (Å²) >= 11 is 0. The molecule has 0 aliphatic heterocycles. The molecule has 4 nitrogen and oxygen atoms in total. The monoisotopic (exact) mass is 165 g/mol. The summed E-state index contributed by atoms with van der Waals surface area (Å²) in [5.41, 5.74) is 0.234. The van der Waals surface area contributed by atoms with Crippen molar-refractivity contribution in [3.63, 3.8) is 0 Å². The van der Waals surface area contributed by atoms with Crippen molar-refractivity contribution in [1.29, 1.82) is 0 Å². The summed E-state index contributed by atoms with van der Waals surface area (Å²) in [5, 5.41) is 17.6. The molecule has 0 radical (unpaired) electrons. The van der Waals surface area contributed by atoms with Gasteiger partial charge in [-0.1, -0.05) is 6.58 Å². The van der Waals surface area contributed by atoms with Crippen molar-refractivity contribution in [2.45, 2.75) is 0 Å². The summed E-state index contributed by atoms with van der Waals surface area (Å²) in [4.78, 5) is 14.0. The Morgan fingerprint density at radius 2 is 2.33 bits per heavy atom. The normalized spacial score (nSPS) is 9.33. The van der Waals surface area contributed by atoms with Crippen LogP contribution in [-0.4, -0.2) is 21.2 Å². The minimum Gasteiger partial charge on any atom is -0.506 e. The van der Waals surface area contributed by atoms with Crippen LogP contribution in [-0.2, 0) is 0 Å². The van der Waals surface area contributed by atoms with Crippen molar-refractivity contribution < 1.29 is 15.0 Å². The minimum absolute atomic E-state index is 0.0434. The number of nitrogens with zero attached hydrogens (tertiary/aromatic N) is 1. The van der Waals surface area contributed by atoms with Crippen molar-refractivity contribution >= 4 is 12.0 Å². The van der Waals surface area contributed by atoms with Gasteiger partial charge in [0, 0.05) is 6.20 Å². The second kappa shape index (κ2) is 3.04. The van der Waals surface area contributed by atoms with Crippen molar-refractivity contribution in [1.82, 2.24) is 4.98 Å². The second-order valence-electron chi connectivity index (χ2n) is 2.14. The molecule has 1 rings (SSSR count). The lowest BCUT2D eigenvalue weighted by Crippen LogP contribution is -1.97. The summed E-state index contributed by atoms with van der Waals surface area (Å²) in [6.45, 7) is 3.40. The van der Waals surface area contributed by atoms with Crippen molar-refractivity contribution in [2.24, 2.45) is 0 Å². The van der Waals surface area contributed by atoms with Crippen molar-refractivity contribution in [2.75, 3.05) is 0 Å². The molecule has 1 aromatic rings. The summed E-state index contributed by atoms with van der Waals surface area (Å²) in [7, 11) is 0. The number of aromatic carboxylic acids is 1. The van der Waals surface area contributed by atoms with Gasteiger partial charge >= 0.3 is 5.97 Å². The first-order valence-electron chi connectivity index (χ1n) is 3.20. The summed E-state index contributed by atoms with van der Waals surface area (Å²) in [5.74, 6) is -1.29. The molecule has 0 saturated heterocycles. The molecule has 0 atom stereocenters. The number of pyridine rings is 1. The first-order chi connectivity index (χ1) is 5.65. The van der Waals surface area contributed by atoms with E-state index in [1.165, 1.54) is 12.3 Å². The Hall–Kier alpha value is -1.84. The van der Waals surface area contributed by atoms with Crippen molar-refractivity contribution in [3.05, 3.63) is 30.1 Å². The summed E-state index contributed by atoms with van der Waals surface area (Å²) < 4.78 is 0. The number of hydrogen-bond donors (Lipinski definition) is 2. The van der Waals surface area contributed by atoms with Gasteiger partial charge in [0.2, 0.25) is 0 Å². The number of carbonyl (C=O) groups is 1. The van der Waals surface area contributed by atoms with Crippen LogP contribution in [0.2, 0.25) is 0 Å². The Kier molecular flexibility index (Phi) is 2.09. The van der Waals surface area contributed by atoms with Gasteiger partial charge in [0.05, 0.1) is 5.56 Å². The molecule has 0 saturated carbocycles. The van der Waals surface area contributed by atoms with Crippen molar-refractivity contribution in [3.8, 4) is 5.75 Å². The van der Waals surface area contributed by atoms with Gasteiger partial charge in [-0.3, -0.25) is 4.98 Å². The summed E-state index contributed by atoms with van der Waals surface area (Å²) in [6.07, 6.45) is 2.51. The van der Waals surface area contributed by atoms with Gasteiger partial charge in [-0.05, 0) is 12.1 Å². The molecule has 0 bridgehead atoms. The van der Waals surface area contributed by atoms with Gasteiger partial charge < -0.3 is 10.2 Å². The van der Waals surface area contributed by atoms with E-state index in [1.54, 1.807) is 0 Å². The van der Waals surface area contributed by atoms with E-state index >= 15 is 0 Å². The maximum atomic E-state index is 10.4. The van der Waals surface area contributed by atoms with E-state index < -0.39 is 5.97 Å². The van der Waals surface area contributed by atoms with Crippen LogP contribution in [0.25, 0.3) is 6.08 Å². The lowest BCUT2D eigenvalue weighted by atomic mass is 10.2. The fourth-order valence-corrected chi connectivity index (χ4v) is 0.738. The molecule has 62 valence electrons. The number of carboxylic acid groups (broad SMARTS) is 1. The van der Waals surface area contributed by atoms with Crippen LogP contribution in [0.4, 0.5) is 0 Å². The Balaban J connectivity index is 3.18. The van der Waals surface area contributed by atoms with Gasteiger partial charge in [-0.2, -0.15) is 0 Å². The molecule has 2 N–H and O–H groups in total. The molecule has 12 heavy (non-hydrogen) atoms. The third-order valence-electron chi connectivity index (χ3n) is 1.34. The van der Waals surface area contributed by atoms with Gasteiger partial charge in [0.25, 0.3) is 0 Å². The molecular formula is C8H7NO3. The van der Waals surface area contributed by atoms with Crippen LogP contribution in [0.5, 0.6) is 5.75 Å². The number of rotatable bonds is 2. The quantitative estimate of drug-likeness (QED) is 0.689. The predicted octanol–water partition coefficient (Wildman–Crippen LogP) is 1.13. The van der Waals surface area contributed by atoms with Crippen LogP contribution in [0.15, 0.2) is 18.8 Å². The third-order valence-corrected chi connectivity index (χ3v) is 1.34. The molecule has 0 aromatic carbocycles. The van der Waals surface area contributed by atoms with E-state index in [9.17, 15) is 4.79 Å². The van der Waals surface area contributed by atoms with E-state index in [2.05, 4.69) is 11.6 Å². The first-order valence-corrected chi connectivity index (χ1v) is 3.20. The Labute approximate surface area is 68.8 Å². The lowest BCUT2D eigenvalue weighted by molar-refractivity contribution is 0.0696. The average Bonchev–Trinajstić information content (AvgIpc) is 2.04. The fraction of sp³-hybridized carbons (Fsp3) is 0. The molecule has 0 aliphatic carbocycles. The standard InChI is InChI=1S/C8H7NO3/c1-2-6-7(10)3-5(4-9-6)8(11)12/h2-4,10H,1H2,(H,11,12). The van der Waals surface area contributed by atoms with E-state index in [1.807, 2.05) is 0 Å². The molecular weight excluding hydrogens is 158 g/mol. The zero-order valence-corrected chi connectivity index (χ0v) is 6.19. The highest BCUT2D eigenvalue weighted by molar-refractivity contribution is 5.87. The molecule has 4 heteroatoms. The smallest absolute Gasteiger partial charge is 0.337 e. The number of aromatic hydroxyl groups is 1. The SMILES string of the molecule is C=Cc1ncc(C(=O)O)cc1O. The van der Waals surface area contributed by atoms with Crippen LogP contribution in [0.3, 0.4) is 0 Å². The third kappa shape index (κ3) is 1.42. The highest BCUT2D eigenvalue weighted by Gasteiger charge is 2.06.